The Bertz CT molecular complexity index is 3280. The van der Waals surface area contributed by atoms with Gasteiger partial charge in [0.05, 0.1) is 161 Å². The molecule has 0 aliphatic carbocycles. The highest BCUT2D eigenvalue weighted by Crippen LogP contribution is 2.31. The fraction of sp³-hybridized carbons (Fsp3) is 0.691. The van der Waals surface area contributed by atoms with Gasteiger partial charge in [-0.05, 0) is 79.5 Å². The molecule has 115 heavy (non-hydrogen) atoms. The van der Waals surface area contributed by atoms with Crippen molar-refractivity contribution in [2.75, 3.05) is 159 Å². The lowest BCUT2D eigenvalue weighted by Crippen LogP contribution is -2.60. The highest BCUT2D eigenvalue weighted by Gasteiger charge is 2.44. The second kappa shape index (κ2) is 54.6. The first kappa shape index (κ1) is 99.1. The number of rotatable bonds is 59. The predicted octanol–water partition coefficient (Wildman–Crippen LogP) is 4.04. The van der Waals surface area contributed by atoms with Crippen LogP contribution in [0.2, 0.25) is 0 Å². The van der Waals surface area contributed by atoms with Crippen LogP contribution in [-0.2, 0) is 102 Å². The minimum absolute atomic E-state index is 0.0483. The molecule has 2 heterocycles. The molecular weight excluding hydrogens is 1490 g/mol. The lowest BCUT2D eigenvalue weighted by molar-refractivity contribution is -0.148. The number of aliphatic hydroxyl groups is 1. The number of nitrogens with zero attached hydrogens (tertiary/aromatic N) is 4. The maximum absolute atomic E-state index is 14.9. The number of methoxy groups -OCH3 is 2. The van der Waals surface area contributed by atoms with Gasteiger partial charge >= 0.3 is 12.1 Å². The molecule has 1 saturated heterocycles. The molecule has 648 valence electrons. The third-order valence-electron chi connectivity index (χ3n) is 20.0. The maximum Gasteiger partial charge on any atom is 0.410 e. The molecular formula is C81H131N11O23. The Kier molecular flexibility index (Phi) is 47.0. The smallest absolute Gasteiger partial charge is 0.410 e. The van der Waals surface area contributed by atoms with Crippen LogP contribution in [0.5, 0.6) is 0 Å². The van der Waals surface area contributed by atoms with Crippen LogP contribution in [0.25, 0.3) is 0 Å². The summed E-state index contributed by atoms with van der Waals surface area (Å²) in [4.78, 5) is 152. The Morgan fingerprint density at radius 1 is 0.600 bits per heavy atom. The number of nitrogens with two attached hydrogens (primary N) is 1. The summed E-state index contributed by atoms with van der Waals surface area (Å²) < 4.78 is 61.8. The summed E-state index contributed by atoms with van der Waals surface area (Å²) in [6, 6.07) is 8.67. The molecule has 0 unspecified atom stereocenters. The van der Waals surface area contributed by atoms with Gasteiger partial charge in [-0.2, -0.15) is 0 Å². The van der Waals surface area contributed by atoms with E-state index in [1.807, 2.05) is 32.0 Å². The van der Waals surface area contributed by atoms with Crippen LogP contribution in [0.3, 0.4) is 0 Å². The van der Waals surface area contributed by atoms with E-state index in [2.05, 4.69) is 31.9 Å². The first-order valence-electron chi connectivity index (χ1n) is 40.0. The van der Waals surface area contributed by atoms with Crippen molar-refractivity contribution < 1.29 is 110 Å². The molecule has 2 aliphatic heterocycles. The lowest BCUT2D eigenvalue weighted by Gasteiger charge is -2.41. The van der Waals surface area contributed by atoms with Gasteiger partial charge < -0.3 is 105 Å². The van der Waals surface area contributed by atoms with Gasteiger partial charge in [0.25, 0.3) is 11.8 Å². The molecule has 34 nitrogen and oxygen atoms in total. The number of carbonyl (C=O) groups is 11. The van der Waals surface area contributed by atoms with Crippen LogP contribution in [0.1, 0.15) is 131 Å². The zero-order valence-electron chi connectivity index (χ0n) is 69.9. The number of aliphatic hydroxyl groups excluding tert-OH is 1. The van der Waals surface area contributed by atoms with E-state index in [0.717, 1.165) is 4.90 Å². The number of likely N-dealkylation sites (N-methyl/N-ethyl adjacent to an activating group) is 2. The zero-order chi connectivity index (χ0) is 84.9. The molecule has 2 aliphatic rings. The van der Waals surface area contributed by atoms with E-state index in [0.29, 0.717) is 122 Å². The number of ether oxygens (including phenoxy) is 11. The normalized spacial score (nSPS) is 16.4. The van der Waals surface area contributed by atoms with Crippen molar-refractivity contribution in [3.05, 3.63) is 77.9 Å². The van der Waals surface area contributed by atoms with Crippen LogP contribution < -0.4 is 37.6 Å². The highest BCUT2D eigenvalue weighted by molar-refractivity contribution is 6.12. The first-order valence-corrected chi connectivity index (χ1v) is 40.0. The number of urea groups is 1. The quantitative estimate of drug-likeness (QED) is 0.0342. The third kappa shape index (κ3) is 35.2. The van der Waals surface area contributed by atoms with E-state index in [1.54, 1.807) is 109 Å². The Labute approximate surface area is 677 Å². The van der Waals surface area contributed by atoms with Crippen LogP contribution in [0.15, 0.2) is 66.7 Å². The summed E-state index contributed by atoms with van der Waals surface area (Å²) in [5.41, 5.74) is 6.79. The molecule has 0 bridgehead atoms. The number of nitrogens with one attached hydrogen (secondary N) is 6. The Hall–Kier alpha value is -8.29. The fourth-order valence-corrected chi connectivity index (χ4v) is 13.3. The SMILES string of the molecule is CC[C@H](C)[C@H]([C@@H](CC(=O)N1CCC[C@H]1[C@H](OC)[C@@H](C)C(=O)N[C@H](C)[C@@H](O)c1ccccc1)OC)N(C)C(=O)[C@@H](NC(=O)[C@H](C(C)C)N(C)C(=O)OCc1ccc(NC(=O)[C@H](CCCNC(N)=O)NC(=O)[C@@H](NC(=O)CCOCCOCCOCCOCCOCCOCCOCCOCCN2C(=O)C=CC2=O)C(C)C)cc1)C(C)C. The molecule has 12 amide bonds. The number of anilines is 1. The van der Waals surface area contributed by atoms with E-state index in [-0.39, 0.29) is 101 Å². The summed E-state index contributed by atoms with van der Waals surface area (Å²) in [7, 11) is 6.08. The summed E-state index contributed by atoms with van der Waals surface area (Å²) in [6.07, 6.45) is 1.28. The summed E-state index contributed by atoms with van der Waals surface area (Å²) in [5, 5.41) is 27.7. The summed E-state index contributed by atoms with van der Waals surface area (Å²) in [5.74, 6) is -6.09. The van der Waals surface area contributed by atoms with Crippen LogP contribution in [-0.4, -0.2) is 298 Å². The van der Waals surface area contributed by atoms with Gasteiger partial charge in [-0.25, -0.2) is 9.59 Å². The van der Waals surface area contributed by atoms with Crippen LogP contribution in [0, 0.1) is 29.6 Å². The number of carbonyl (C=O) groups excluding carboxylic acids is 11. The Balaban J connectivity index is 1.19. The minimum Gasteiger partial charge on any atom is -0.445 e. The van der Waals surface area contributed by atoms with E-state index < -0.39 is 126 Å². The average molecular weight is 1630 g/mol. The fourth-order valence-electron chi connectivity index (χ4n) is 13.3. The van der Waals surface area contributed by atoms with Crippen molar-refractivity contribution in [2.24, 2.45) is 35.3 Å². The van der Waals surface area contributed by atoms with E-state index in [9.17, 15) is 57.8 Å². The molecule has 9 N–H and O–H groups in total. The van der Waals surface area contributed by atoms with Gasteiger partial charge in [-0.1, -0.05) is 111 Å². The Morgan fingerprint density at radius 2 is 1.13 bits per heavy atom. The topological polar surface area (TPSA) is 421 Å². The predicted molar refractivity (Wildman–Crippen MR) is 426 cm³/mol. The molecule has 2 aromatic rings. The van der Waals surface area contributed by atoms with Crippen LogP contribution >= 0.6 is 0 Å². The van der Waals surface area contributed by atoms with Gasteiger partial charge in [0.15, 0.2) is 0 Å². The average Bonchev–Trinajstić information content (AvgIpc) is 1.78. The van der Waals surface area contributed by atoms with Gasteiger partial charge in [-0.3, -0.25) is 53.0 Å². The number of primary amides is 1. The number of hydrogen-bond donors (Lipinski definition) is 8. The molecule has 0 radical (unpaired) electrons. The van der Waals surface area contributed by atoms with E-state index in [4.69, 9.17) is 57.8 Å². The molecule has 12 atom stereocenters. The van der Waals surface area contributed by atoms with Crippen molar-refractivity contribution in [3.63, 3.8) is 0 Å². The zero-order valence-corrected chi connectivity index (χ0v) is 69.9. The largest absolute Gasteiger partial charge is 0.445 e. The van der Waals surface area contributed by atoms with Crippen molar-refractivity contribution in [2.45, 2.75) is 181 Å². The standard InChI is InChI=1S/C81H131N11O23/c1-15-56(8)72(64(105-13)51-68(96)91-33-20-24-63(91)74(106-14)57(9)75(98)84-58(10)73(97)60-21-17-16-18-22-60)89(11)79(102)70(54(4)5)88-78(101)71(55(6)7)90(12)81(104)115-52-59-25-27-61(28-26-59)85-76(99)62(23-19-32-83-80(82)103)86-77(100)69(53(2)3)87-65(93)31-35-107-37-39-109-41-43-111-45-47-113-49-50-114-48-46-112-44-42-110-40-38-108-36-34-92-66(94)29-30-67(92)95/h16-18,21-22,25-30,53-58,62-64,69-74,97H,15,19-20,23-24,31-52H2,1-14H3,(H,84,98)(H,85,99)(H,86,100)(H,87,93)(H,88,101)(H3,82,83,103)/t56-,57+,58+,62-,63-,64+,69-,70-,71-,72+,73+,74+/m0/s1. The van der Waals surface area contributed by atoms with Crippen molar-refractivity contribution in [3.8, 4) is 0 Å². The monoisotopic (exact) mass is 1630 g/mol. The van der Waals surface area contributed by atoms with Gasteiger partial charge in [0.2, 0.25) is 41.4 Å². The van der Waals surface area contributed by atoms with Crippen molar-refractivity contribution >= 4 is 71.0 Å². The minimum atomic E-state index is -1.13. The van der Waals surface area contributed by atoms with Gasteiger partial charge in [0, 0.05) is 65.7 Å². The van der Waals surface area contributed by atoms with Crippen molar-refractivity contribution in [1.82, 2.24) is 46.2 Å². The van der Waals surface area contributed by atoms with E-state index in [1.165, 1.54) is 38.3 Å². The maximum atomic E-state index is 14.9. The van der Waals surface area contributed by atoms with Crippen molar-refractivity contribution in [1.29, 1.82) is 0 Å². The van der Waals surface area contributed by atoms with Crippen LogP contribution in [0.4, 0.5) is 15.3 Å². The molecule has 2 aromatic carbocycles. The molecule has 0 saturated carbocycles. The number of benzene rings is 2. The number of likely N-dealkylation sites (tertiary alicyclic amines) is 1. The first-order chi connectivity index (χ1) is 55.0. The van der Waals surface area contributed by atoms with Gasteiger partial charge in [-0.15, -0.1) is 0 Å². The molecule has 1 fully saturated rings. The number of hydrogen-bond acceptors (Lipinski definition) is 23. The van der Waals surface area contributed by atoms with E-state index >= 15 is 0 Å². The number of imide groups is 1. The molecule has 0 spiro atoms. The Morgan fingerprint density at radius 3 is 1.63 bits per heavy atom. The highest BCUT2D eigenvalue weighted by atomic mass is 16.6. The summed E-state index contributed by atoms with van der Waals surface area (Å²) >= 11 is 0. The van der Waals surface area contributed by atoms with Gasteiger partial charge in [0.1, 0.15) is 30.8 Å². The number of amides is 12. The second-order valence-corrected chi connectivity index (χ2v) is 29.6. The second-order valence-electron chi connectivity index (χ2n) is 29.6. The molecule has 4 rings (SSSR count). The summed E-state index contributed by atoms with van der Waals surface area (Å²) in [6.45, 7) is 23.7. The molecule has 0 aromatic heterocycles. The molecule has 34 heteroatoms. The lowest BCUT2D eigenvalue weighted by atomic mass is 9.89. The third-order valence-corrected chi connectivity index (χ3v) is 20.0.